The van der Waals surface area contributed by atoms with Gasteiger partial charge in [-0.15, -0.1) is 0 Å². The number of likely N-dealkylation sites (tertiary alicyclic amines) is 1. The van der Waals surface area contributed by atoms with Crippen LogP contribution in [0.15, 0.2) is 47.4 Å². The average Bonchev–Trinajstić information content (AvgIpc) is 2.82. The van der Waals surface area contributed by atoms with Crippen molar-refractivity contribution in [3.05, 3.63) is 59.2 Å². The van der Waals surface area contributed by atoms with Gasteiger partial charge in [0.1, 0.15) is 16.2 Å². The predicted octanol–water partition coefficient (Wildman–Crippen LogP) is 4.16. The number of nitrogens with one attached hydrogen (secondary N) is 1. The van der Waals surface area contributed by atoms with Gasteiger partial charge in [0.05, 0.1) is 7.11 Å². The van der Waals surface area contributed by atoms with Crippen LogP contribution in [-0.2, 0) is 14.8 Å². The van der Waals surface area contributed by atoms with Crippen LogP contribution in [0.3, 0.4) is 0 Å². The van der Waals surface area contributed by atoms with Crippen LogP contribution in [0, 0.1) is 6.92 Å². The summed E-state index contributed by atoms with van der Waals surface area (Å²) in [7, 11) is -2.79. The second-order valence-corrected chi connectivity index (χ2v) is 11.2. The molecule has 182 valence electrons. The molecule has 0 spiro atoms. The summed E-state index contributed by atoms with van der Waals surface area (Å²) in [4.78, 5) is 27.6. The molecule has 34 heavy (non-hydrogen) atoms. The van der Waals surface area contributed by atoms with Crippen LogP contribution in [0.4, 0.5) is 0 Å². The van der Waals surface area contributed by atoms with Crippen molar-refractivity contribution in [2.75, 3.05) is 13.7 Å². The molecule has 1 unspecified atom stereocenters. The van der Waals surface area contributed by atoms with Crippen LogP contribution in [0.2, 0.25) is 0 Å². The summed E-state index contributed by atoms with van der Waals surface area (Å²) >= 11 is 0. The largest absolute Gasteiger partial charge is 0.495 e. The average molecular weight is 485 g/mol. The number of nitrogens with zero attached hydrogens (tertiary/aromatic N) is 1. The molecule has 1 saturated heterocycles. The first kappa shape index (κ1) is 24.3. The van der Waals surface area contributed by atoms with Crippen LogP contribution in [0.25, 0.3) is 0 Å². The first-order valence-electron chi connectivity index (χ1n) is 11.8. The lowest BCUT2D eigenvalue weighted by Gasteiger charge is -2.48. The van der Waals surface area contributed by atoms with Crippen molar-refractivity contribution in [1.29, 1.82) is 0 Å². The molecule has 2 aromatic rings. The van der Waals surface area contributed by atoms with E-state index in [2.05, 4.69) is 4.72 Å². The SMILES string of the molecule is COc1cc(C)ccc1S(=O)(=O)NC(=O)C1(C)CCN1C(=O)c1ccc(C2CCCCC2)cc1. The van der Waals surface area contributed by atoms with Gasteiger partial charge in [0.25, 0.3) is 21.8 Å². The first-order chi connectivity index (χ1) is 16.2. The normalized spacial score (nSPS) is 21.0. The Bertz CT molecular complexity index is 1190. The lowest BCUT2D eigenvalue weighted by Crippen LogP contribution is -2.67. The molecule has 2 fully saturated rings. The maximum absolute atomic E-state index is 13.2. The molecule has 7 nitrogen and oxygen atoms in total. The van der Waals surface area contributed by atoms with Crippen molar-refractivity contribution < 1.29 is 22.7 Å². The van der Waals surface area contributed by atoms with E-state index in [4.69, 9.17) is 4.74 Å². The van der Waals surface area contributed by atoms with Crippen LogP contribution in [0.1, 0.15) is 72.9 Å². The van der Waals surface area contributed by atoms with Crippen LogP contribution < -0.4 is 9.46 Å². The number of aryl methyl sites for hydroxylation is 1. The molecule has 1 saturated carbocycles. The number of hydrogen-bond acceptors (Lipinski definition) is 5. The smallest absolute Gasteiger partial charge is 0.267 e. The first-order valence-corrected chi connectivity index (χ1v) is 13.3. The molecule has 8 heteroatoms. The molecule has 1 heterocycles. The van der Waals surface area contributed by atoms with Crippen molar-refractivity contribution in [2.45, 2.75) is 68.7 Å². The van der Waals surface area contributed by atoms with Gasteiger partial charge in [-0.3, -0.25) is 9.59 Å². The van der Waals surface area contributed by atoms with E-state index in [1.54, 1.807) is 19.1 Å². The molecule has 2 amide bonds. The molecule has 1 aliphatic heterocycles. The number of rotatable bonds is 6. The van der Waals surface area contributed by atoms with Crippen molar-refractivity contribution in [2.24, 2.45) is 0 Å². The van der Waals surface area contributed by atoms with E-state index >= 15 is 0 Å². The zero-order valence-electron chi connectivity index (χ0n) is 20.0. The van der Waals surface area contributed by atoms with E-state index in [-0.39, 0.29) is 16.6 Å². The number of amides is 2. The highest BCUT2D eigenvalue weighted by molar-refractivity contribution is 7.90. The molecule has 0 bridgehead atoms. The molecule has 1 atom stereocenters. The van der Waals surface area contributed by atoms with Crippen molar-refractivity contribution in [1.82, 2.24) is 9.62 Å². The molecular formula is C26H32N2O5S. The summed E-state index contributed by atoms with van der Waals surface area (Å²) < 4.78 is 33.2. The molecular weight excluding hydrogens is 452 g/mol. The van der Waals surface area contributed by atoms with E-state index in [1.807, 2.05) is 31.2 Å². The number of hydrogen-bond donors (Lipinski definition) is 1. The minimum absolute atomic E-state index is 0.118. The van der Waals surface area contributed by atoms with Gasteiger partial charge < -0.3 is 9.64 Å². The molecule has 0 radical (unpaired) electrons. The predicted molar refractivity (Wildman–Crippen MR) is 129 cm³/mol. The van der Waals surface area contributed by atoms with Gasteiger partial charge in [0.2, 0.25) is 0 Å². The molecule has 0 aromatic heterocycles. The quantitative estimate of drug-likeness (QED) is 0.665. The van der Waals surface area contributed by atoms with Crippen molar-refractivity contribution >= 4 is 21.8 Å². The summed E-state index contributed by atoms with van der Waals surface area (Å²) in [6, 6.07) is 12.3. The van der Waals surface area contributed by atoms with Gasteiger partial charge in [-0.05, 0) is 74.4 Å². The number of carbonyl (C=O) groups excluding carboxylic acids is 2. The monoisotopic (exact) mass is 484 g/mol. The van der Waals surface area contributed by atoms with Gasteiger partial charge in [-0.2, -0.15) is 0 Å². The lowest BCUT2D eigenvalue weighted by molar-refractivity contribution is -0.135. The third-order valence-corrected chi connectivity index (χ3v) is 8.59. The third-order valence-electron chi connectivity index (χ3n) is 7.22. The Kier molecular flexibility index (Phi) is 6.71. The minimum atomic E-state index is -4.17. The number of methoxy groups -OCH3 is 1. The minimum Gasteiger partial charge on any atom is -0.495 e. The number of benzene rings is 2. The fourth-order valence-corrected chi connectivity index (χ4v) is 6.12. The van der Waals surface area contributed by atoms with Crippen LogP contribution in [-0.4, -0.2) is 44.3 Å². The van der Waals surface area contributed by atoms with E-state index in [9.17, 15) is 18.0 Å². The zero-order chi connectivity index (χ0) is 24.5. The molecule has 2 aliphatic rings. The fraction of sp³-hybridized carbons (Fsp3) is 0.462. The summed E-state index contributed by atoms with van der Waals surface area (Å²) in [5.41, 5.74) is 1.34. The van der Waals surface area contributed by atoms with Gasteiger partial charge in [-0.1, -0.05) is 37.5 Å². The zero-order valence-corrected chi connectivity index (χ0v) is 20.8. The fourth-order valence-electron chi connectivity index (χ4n) is 4.89. The third kappa shape index (κ3) is 4.56. The van der Waals surface area contributed by atoms with Gasteiger partial charge in [0.15, 0.2) is 0 Å². The Labute approximate surface area is 201 Å². The van der Waals surface area contributed by atoms with E-state index in [0.29, 0.717) is 24.4 Å². The standard InChI is InChI=1S/C26H32N2O5S/c1-18-9-14-23(22(17-18)33-3)34(31,32)27-25(30)26(2)15-16-28(26)24(29)21-12-10-20(11-13-21)19-7-5-4-6-8-19/h9-14,17,19H,4-8,15-16H2,1-3H3,(H,27,30). The van der Waals surface area contributed by atoms with E-state index < -0.39 is 21.5 Å². The van der Waals surface area contributed by atoms with Crippen molar-refractivity contribution in [3.63, 3.8) is 0 Å². The Balaban J connectivity index is 1.48. The highest BCUT2D eigenvalue weighted by atomic mass is 32.2. The maximum Gasteiger partial charge on any atom is 0.267 e. The van der Waals surface area contributed by atoms with Crippen molar-refractivity contribution in [3.8, 4) is 5.75 Å². The highest BCUT2D eigenvalue weighted by Crippen LogP contribution is 2.35. The second-order valence-electron chi connectivity index (χ2n) is 9.53. The second kappa shape index (κ2) is 9.41. The molecule has 1 N–H and O–H groups in total. The Morgan fingerprint density at radius 3 is 2.32 bits per heavy atom. The van der Waals surface area contributed by atoms with Gasteiger partial charge >= 0.3 is 0 Å². The van der Waals surface area contributed by atoms with E-state index in [0.717, 1.165) is 5.56 Å². The molecule has 2 aromatic carbocycles. The summed E-state index contributed by atoms with van der Waals surface area (Å²) in [6.07, 6.45) is 6.50. The van der Waals surface area contributed by atoms with Crippen LogP contribution in [0.5, 0.6) is 5.75 Å². The highest BCUT2D eigenvalue weighted by Gasteiger charge is 2.50. The lowest BCUT2D eigenvalue weighted by atomic mass is 9.83. The summed E-state index contributed by atoms with van der Waals surface area (Å²) in [5.74, 6) is -0.301. The topological polar surface area (TPSA) is 92.8 Å². The Hall–Kier alpha value is -2.87. The summed E-state index contributed by atoms with van der Waals surface area (Å²) in [6.45, 7) is 3.81. The maximum atomic E-state index is 13.2. The van der Waals surface area contributed by atoms with E-state index in [1.165, 1.54) is 55.7 Å². The Morgan fingerprint density at radius 2 is 1.74 bits per heavy atom. The van der Waals surface area contributed by atoms with Gasteiger partial charge in [-0.25, -0.2) is 13.1 Å². The molecule has 1 aliphatic carbocycles. The van der Waals surface area contributed by atoms with Gasteiger partial charge in [0, 0.05) is 12.1 Å². The van der Waals surface area contributed by atoms with Crippen LogP contribution >= 0.6 is 0 Å². The number of sulfonamides is 1. The Morgan fingerprint density at radius 1 is 1.06 bits per heavy atom. The molecule has 4 rings (SSSR count). The summed E-state index contributed by atoms with van der Waals surface area (Å²) in [5, 5.41) is 0. The number of carbonyl (C=O) groups is 2. The number of ether oxygens (including phenoxy) is 1.